The van der Waals surface area contributed by atoms with Crippen molar-refractivity contribution >= 4 is 10.0 Å². The SMILES string of the molecule is CNCc1ccc(S(=O)(=O)NCCOCCC(C)C)nc1. The molecule has 0 spiro atoms. The van der Waals surface area contributed by atoms with E-state index >= 15 is 0 Å². The number of nitrogens with one attached hydrogen (secondary N) is 2. The maximum Gasteiger partial charge on any atom is 0.258 e. The zero-order valence-corrected chi connectivity index (χ0v) is 13.7. The molecule has 0 saturated heterocycles. The molecule has 0 amide bonds. The molecule has 1 rings (SSSR count). The first-order valence-electron chi connectivity index (χ1n) is 7.12. The summed E-state index contributed by atoms with van der Waals surface area (Å²) in [5.74, 6) is 0.585. The summed E-state index contributed by atoms with van der Waals surface area (Å²) in [6.07, 6.45) is 2.53. The number of nitrogens with zero attached hydrogens (tertiary/aromatic N) is 1. The van der Waals surface area contributed by atoms with Crippen LogP contribution in [0.2, 0.25) is 0 Å². The Bertz CT molecular complexity index is 501. The van der Waals surface area contributed by atoms with E-state index in [0.717, 1.165) is 12.0 Å². The standard InChI is InChI=1S/C14H25N3O3S/c1-12(2)6-8-20-9-7-17-21(18,19)14-5-4-13(10-15-3)11-16-14/h4-5,11-12,15,17H,6-10H2,1-3H3. The topological polar surface area (TPSA) is 80.3 Å². The lowest BCUT2D eigenvalue weighted by Crippen LogP contribution is -2.28. The van der Waals surface area contributed by atoms with Crippen LogP contribution in [0.15, 0.2) is 23.4 Å². The van der Waals surface area contributed by atoms with Crippen LogP contribution in [0.5, 0.6) is 0 Å². The fourth-order valence-electron chi connectivity index (χ4n) is 1.62. The number of ether oxygens (including phenoxy) is 1. The highest BCUT2D eigenvalue weighted by molar-refractivity contribution is 7.89. The quantitative estimate of drug-likeness (QED) is 0.633. The Kier molecular flexibility index (Phi) is 7.81. The summed E-state index contributed by atoms with van der Waals surface area (Å²) < 4.78 is 31.9. The second-order valence-corrected chi connectivity index (χ2v) is 6.94. The molecule has 0 unspecified atom stereocenters. The molecule has 0 bridgehead atoms. The third kappa shape index (κ3) is 6.99. The third-order valence-electron chi connectivity index (χ3n) is 2.83. The van der Waals surface area contributed by atoms with Gasteiger partial charge in [-0.25, -0.2) is 18.1 Å². The molecule has 0 aliphatic rings. The first kappa shape index (κ1) is 18.0. The number of aromatic nitrogens is 1. The van der Waals surface area contributed by atoms with Crippen LogP contribution >= 0.6 is 0 Å². The lowest BCUT2D eigenvalue weighted by atomic mass is 10.1. The molecular weight excluding hydrogens is 290 g/mol. The van der Waals surface area contributed by atoms with Crippen molar-refractivity contribution in [3.8, 4) is 0 Å². The molecule has 0 saturated carbocycles. The average molecular weight is 315 g/mol. The third-order valence-corrected chi connectivity index (χ3v) is 4.21. The van der Waals surface area contributed by atoms with Gasteiger partial charge in [0.2, 0.25) is 0 Å². The summed E-state index contributed by atoms with van der Waals surface area (Å²) in [4.78, 5) is 3.98. The second-order valence-electron chi connectivity index (χ2n) is 5.23. The number of pyridine rings is 1. The molecule has 1 aromatic rings. The first-order chi connectivity index (χ1) is 9.95. The van der Waals surface area contributed by atoms with Gasteiger partial charge in [-0.05, 0) is 31.0 Å². The van der Waals surface area contributed by atoms with Crippen LogP contribution < -0.4 is 10.0 Å². The van der Waals surface area contributed by atoms with Gasteiger partial charge in [-0.2, -0.15) is 0 Å². The molecule has 21 heavy (non-hydrogen) atoms. The molecule has 120 valence electrons. The summed E-state index contributed by atoms with van der Waals surface area (Å²) >= 11 is 0. The van der Waals surface area contributed by atoms with Crippen molar-refractivity contribution in [2.24, 2.45) is 5.92 Å². The van der Waals surface area contributed by atoms with E-state index in [0.29, 0.717) is 25.7 Å². The van der Waals surface area contributed by atoms with Crippen LogP contribution in [0.25, 0.3) is 0 Å². The monoisotopic (exact) mass is 315 g/mol. The van der Waals surface area contributed by atoms with Crippen molar-refractivity contribution in [2.45, 2.75) is 31.8 Å². The van der Waals surface area contributed by atoms with Gasteiger partial charge in [0.1, 0.15) is 0 Å². The van der Waals surface area contributed by atoms with Crippen LogP contribution in [-0.4, -0.2) is 40.2 Å². The van der Waals surface area contributed by atoms with E-state index < -0.39 is 10.0 Å². The summed E-state index contributed by atoms with van der Waals surface area (Å²) in [5, 5.41) is 3.01. The van der Waals surface area contributed by atoms with Crippen LogP contribution in [-0.2, 0) is 21.3 Å². The Morgan fingerprint density at radius 1 is 1.29 bits per heavy atom. The Morgan fingerprint density at radius 3 is 2.62 bits per heavy atom. The summed E-state index contributed by atoms with van der Waals surface area (Å²) in [6, 6.07) is 3.26. The largest absolute Gasteiger partial charge is 0.380 e. The maximum atomic E-state index is 12.0. The fraction of sp³-hybridized carbons (Fsp3) is 0.643. The molecule has 0 radical (unpaired) electrons. The molecule has 1 aromatic heterocycles. The van der Waals surface area contributed by atoms with Gasteiger partial charge >= 0.3 is 0 Å². The molecular formula is C14H25N3O3S. The normalized spacial score (nSPS) is 12.0. The highest BCUT2D eigenvalue weighted by Gasteiger charge is 2.14. The molecule has 1 heterocycles. The lowest BCUT2D eigenvalue weighted by molar-refractivity contribution is 0.128. The Balaban J connectivity index is 2.39. The minimum atomic E-state index is -3.56. The molecule has 6 nitrogen and oxygen atoms in total. The summed E-state index contributed by atoms with van der Waals surface area (Å²) in [7, 11) is -1.73. The van der Waals surface area contributed by atoms with E-state index in [1.807, 2.05) is 7.05 Å². The smallest absolute Gasteiger partial charge is 0.258 e. The zero-order valence-electron chi connectivity index (χ0n) is 12.9. The molecule has 0 aromatic carbocycles. The Hall–Kier alpha value is -1.02. The highest BCUT2D eigenvalue weighted by Crippen LogP contribution is 2.06. The van der Waals surface area contributed by atoms with Gasteiger partial charge in [0.05, 0.1) is 6.61 Å². The van der Waals surface area contributed by atoms with Crippen LogP contribution in [0.4, 0.5) is 0 Å². The summed E-state index contributed by atoms with van der Waals surface area (Å²) in [5.41, 5.74) is 0.938. The summed E-state index contributed by atoms with van der Waals surface area (Å²) in [6.45, 7) is 6.16. The minimum absolute atomic E-state index is 0.0320. The van der Waals surface area contributed by atoms with Gasteiger partial charge < -0.3 is 10.1 Å². The van der Waals surface area contributed by atoms with E-state index in [4.69, 9.17) is 4.74 Å². The van der Waals surface area contributed by atoms with Crippen molar-refractivity contribution in [3.63, 3.8) is 0 Å². The van der Waals surface area contributed by atoms with Crippen molar-refractivity contribution in [2.75, 3.05) is 26.8 Å². The van der Waals surface area contributed by atoms with Crippen LogP contribution in [0.1, 0.15) is 25.8 Å². The number of sulfonamides is 1. The van der Waals surface area contributed by atoms with Crippen molar-refractivity contribution in [1.82, 2.24) is 15.0 Å². The zero-order chi connectivity index (χ0) is 15.7. The van der Waals surface area contributed by atoms with Crippen LogP contribution in [0.3, 0.4) is 0 Å². The molecule has 0 aliphatic heterocycles. The van der Waals surface area contributed by atoms with Gasteiger partial charge in [-0.3, -0.25) is 0 Å². The Morgan fingerprint density at radius 2 is 2.05 bits per heavy atom. The molecule has 2 N–H and O–H groups in total. The maximum absolute atomic E-state index is 12.0. The van der Waals surface area contributed by atoms with E-state index in [1.54, 1.807) is 12.3 Å². The second kappa shape index (κ2) is 9.09. The van der Waals surface area contributed by atoms with Gasteiger partial charge in [0, 0.05) is 25.9 Å². The van der Waals surface area contributed by atoms with Crippen molar-refractivity contribution in [1.29, 1.82) is 0 Å². The minimum Gasteiger partial charge on any atom is -0.380 e. The van der Waals surface area contributed by atoms with Crippen molar-refractivity contribution in [3.05, 3.63) is 23.9 Å². The first-order valence-corrected chi connectivity index (χ1v) is 8.61. The predicted molar refractivity (Wildman–Crippen MR) is 82.5 cm³/mol. The number of rotatable bonds is 10. The van der Waals surface area contributed by atoms with Gasteiger partial charge in [-0.1, -0.05) is 19.9 Å². The van der Waals surface area contributed by atoms with Gasteiger partial charge in [0.25, 0.3) is 10.0 Å². The predicted octanol–water partition coefficient (Wildman–Crippen LogP) is 1.14. The molecule has 0 aliphatic carbocycles. The number of hydrogen-bond acceptors (Lipinski definition) is 5. The molecule has 0 fully saturated rings. The van der Waals surface area contributed by atoms with Gasteiger partial charge in [0.15, 0.2) is 5.03 Å². The van der Waals surface area contributed by atoms with E-state index in [-0.39, 0.29) is 11.6 Å². The van der Waals surface area contributed by atoms with E-state index in [2.05, 4.69) is 28.9 Å². The Labute approximate surface area is 127 Å². The molecule has 0 atom stereocenters. The van der Waals surface area contributed by atoms with Crippen LogP contribution in [0, 0.1) is 5.92 Å². The highest BCUT2D eigenvalue weighted by atomic mass is 32.2. The number of hydrogen-bond donors (Lipinski definition) is 2. The fourth-order valence-corrected chi connectivity index (χ4v) is 2.56. The van der Waals surface area contributed by atoms with Gasteiger partial charge in [-0.15, -0.1) is 0 Å². The van der Waals surface area contributed by atoms with Crippen molar-refractivity contribution < 1.29 is 13.2 Å². The lowest BCUT2D eigenvalue weighted by Gasteiger charge is -2.08. The molecule has 7 heteroatoms. The van der Waals surface area contributed by atoms with E-state index in [1.165, 1.54) is 6.07 Å². The average Bonchev–Trinajstić information content (AvgIpc) is 2.43. The van der Waals surface area contributed by atoms with E-state index in [9.17, 15) is 8.42 Å².